The summed E-state index contributed by atoms with van der Waals surface area (Å²) >= 11 is 0. The predicted octanol–water partition coefficient (Wildman–Crippen LogP) is 4.20. The van der Waals surface area contributed by atoms with Crippen molar-refractivity contribution < 1.29 is 13.9 Å². The fraction of sp³-hybridized carbons (Fsp3) is 0.370. The zero-order chi connectivity index (χ0) is 23.9. The number of ether oxygens (including phenoxy) is 1. The molecule has 2 heterocycles. The minimum Gasteiger partial charge on any atom is -0.484 e. The number of halogens is 1. The van der Waals surface area contributed by atoms with Gasteiger partial charge in [0.15, 0.2) is 6.61 Å². The molecule has 7 heteroatoms. The second kappa shape index (κ2) is 11.1. The van der Waals surface area contributed by atoms with Gasteiger partial charge in [-0.2, -0.15) is 0 Å². The van der Waals surface area contributed by atoms with Crippen molar-refractivity contribution in [2.24, 2.45) is 0 Å². The van der Waals surface area contributed by atoms with Crippen molar-refractivity contribution in [1.82, 2.24) is 14.9 Å². The van der Waals surface area contributed by atoms with E-state index < -0.39 is 0 Å². The lowest BCUT2D eigenvalue weighted by Crippen LogP contribution is -2.38. The molecule has 0 radical (unpaired) electrons. The van der Waals surface area contributed by atoms with E-state index in [1.165, 1.54) is 6.07 Å². The molecule has 34 heavy (non-hydrogen) atoms. The minimum absolute atomic E-state index is 0.0150. The van der Waals surface area contributed by atoms with Crippen LogP contribution in [-0.4, -0.2) is 53.6 Å². The molecule has 0 saturated carbocycles. The summed E-state index contributed by atoms with van der Waals surface area (Å²) in [6.07, 6.45) is 2.18. The topological polar surface area (TPSA) is 58.6 Å². The molecule has 1 aliphatic heterocycles. The Morgan fingerprint density at radius 3 is 2.62 bits per heavy atom. The number of hydrogen-bond acceptors (Lipinski definition) is 5. The van der Waals surface area contributed by atoms with E-state index in [-0.39, 0.29) is 18.3 Å². The molecule has 178 valence electrons. The molecule has 2 aromatic carbocycles. The van der Waals surface area contributed by atoms with Crippen LogP contribution < -0.4 is 9.64 Å². The van der Waals surface area contributed by atoms with E-state index in [0.29, 0.717) is 31.8 Å². The maximum Gasteiger partial charge on any atom is 0.260 e. The molecule has 1 fully saturated rings. The van der Waals surface area contributed by atoms with Crippen LogP contribution in [-0.2, 0) is 17.6 Å². The van der Waals surface area contributed by atoms with Gasteiger partial charge in [-0.1, -0.05) is 37.3 Å². The first-order valence-electron chi connectivity index (χ1n) is 11.8. The summed E-state index contributed by atoms with van der Waals surface area (Å²) in [5, 5.41) is 0. The molecule has 0 atom stereocenters. The first-order chi connectivity index (χ1) is 16.5. The van der Waals surface area contributed by atoms with Gasteiger partial charge >= 0.3 is 0 Å². The zero-order valence-electron chi connectivity index (χ0n) is 19.8. The van der Waals surface area contributed by atoms with Gasteiger partial charge in [0.1, 0.15) is 23.2 Å². The molecular weight excluding hydrogens is 431 g/mol. The Kier molecular flexibility index (Phi) is 7.72. The molecule has 0 aliphatic carbocycles. The average molecular weight is 463 g/mol. The molecule has 1 amide bonds. The third kappa shape index (κ3) is 5.90. The van der Waals surface area contributed by atoms with Gasteiger partial charge in [-0.25, -0.2) is 14.4 Å². The Morgan fingerprint density at radius 1 is 1.03 bits per heavy atom. The van der Waals surface area contributed by atoms with Crippen molar-refractivity contribution in [3.63, 3.8) is 0 Å². The lowest BCUT2D eigenvalue weighted by molar-refractivity contribution is -0.133. The summed E-state index contributed by atoms with van der Waals surface area (Å²) in [5.41, 5.74) is 2.92. The number of para-hydroxylation sites is 1. The first kappa shape index (κ1) is 23.7. The summed E-state index contributed by atoms with van der Waals surface area (Å²) in [5.74, 6) is 2.05. The smallest absolute Gasteiger partial charge is 0.260 e. The number of carbonyl (C=O) groups excluding carboxylic acids is 1. The van der Waals surface area contributed by atoms with E-state index in [0.717, 1.165) is 47.8 Å². The van der Waals surface area contributed by atoms with Gasteiger partial charge in [-0.3, -0.25) is 4.79 Å². The molecule has 0 spiro atoms. The molecular formula is C27H31FN4O2. The normalized spacial score (nSPS) is 14.1. The van der Waals surface area contributed by atoms with Crippen molar-refractivity contribution in [2.75, 3.05) is 37.7 Å². The Hall–Kier alpha value is -3.48. The predicted molar refractivity (Wildman–Crippen MR) is 131 cm³/mol. The largest absolute Gasteiger partial charge is 0.484 e. The molecule has 3 aromatic rings. The number of anilines is 1. The molecule has 0 bridgehead atoms. The van der Waals surface area contributed by atoms with Crippen LogP contribution in [0.4, 0.5) is 10.2 Å². The van der Waals surface area contributed by atoms with E-state index in [1.807, 2.05) is 48.2 Å². The molecule has 0 N–H and O–H groups in total. The zero-order valence-corrected chi connectivity index (χ0v) is 19.8. The number of hydrogen-bond donors (Lipinski definition) is 0. The average Bonchev–Trinajstić information content (AvgIpc) is 3.10. The lowest BCUT2D eigenvalue weighted by Gasteiger charge is -2.26. The van der Waals surface area contributed by atoms with Crippen LogP contribution in [0.3, 0.4) is 0 Å². The SMILES string of the molecule is CCc1nc(C)nc(N2CCCN(C(=O)COc3ccccc3)CC2)c1Cc1cccc(F)c1. The van der Waals surface area contributed by atoms with Crippen molar-refractivity contribution in [3.8, 4) is 5.75 Å². The number of nitrogens with zero attached hydrogens (tertiary/aromatic N) is 4. The minimum atomic E-state index is -0.244. The number of benzene rings is 2. The fourth-order valence-corrected chi connectivity index (χ4v) is 4.36. The molecule has 1 aromatic heterocycles. The van der Waals surface area contributed by atoms with Gasteiger partial charge in [-0.15, -0.1) is 0 Å². The van der Waals surface area contributed by atoms with Crippen molar-refractivity contribution in [2.45, 2.75) is 33.1 Å². The van der Waals surface area contributed by atoms with Crippen molar-refractivity contribution in [3.05, 3.63) is 83.1 Å². The van der Waals surface area contributed by atoms with Crippen LogP contribution >= 0.6 is 0 Å². The quantitative estimate of drug-likeness (QED) is 0.527. The molecule has 1 aliphatic rings. The second-order valence-corrected chi connectivity index (χ2v) is 8.50. The standard InChI is InChI=1S/C27H31FN4O2/c1-3-25-24(18-21-9-7-10-22(28)17-21)27(30-20(2)29-25)32-14-8-13-31(15-16-32)26(33)19-34-23-11-5-4-6-12-23/h4-7,9-12,17H,3,8,13-16,18-19H2,1-2H3. The number of aryl methyl sites for hydroxylation is 2. The fourth-order valence-electron chi connectivity index (χ4n) is 4.36. The summed E-state index contributed by atoms with van der Waals surface area (Å²) in [6.45, 7) is 6.76. The number of aromatic nitrogens is 2. The van der Waals surface area contributed by atoms with Gasteiger partial charge in [0.2, 0.25) is 0 Å². The lowest BCUT2D eigenvalue weighted by atomic mass is 10.0. The van der Waals surface area contributed by atoms with Crippen LogP contribution in [0.1, 0.15) is 36.0 Å². The summed E-state index contributed by atoms with van der Waals surface area (Å²) in [6, 6.07) is 16.1. The van der Waals surface area contributed by atoms with Crippen molar-refractivity contribution >= 4 is 11.7 Å². The van der Waals surface area contributed by atoms with Gasteiger partial charge in [0.05, 0.1) is 0 Å². The van der Waals surface area contributed by atoms with Crippen molar-refractivity contribution in [1.29, 1.82) is 0 Å². The van der Waals surface area contributed by atoms with E-state index >= 15 is 0 Å². The third-order valence-electron chi connectivity index (χ3n) is 6.04. The number of amides is 1. The summed E-state index contributed by atoms with van der Waals surface area (Å²) in [4.78, 5) is 26.4. The van der Waals surface area contributed by atoms with Gasteiger partial charge < -0.3 is 14.5 Å². The van der Waals surface area contributed by atoms with E-state index in [4.69, 9.17) is 9.72 Å². The Bertz CT molecular complexity index is 1120. The highest BCUT2D eigenvalue weighted by Gasteiger charge is 2.24. The molecule has 1 saturated heterocycles. The van der Waals surface area contributed by atoms with Crippen LogP contribution in [0.2, 0.25) is 0 Å². The third-order valence-corrected chi connectivity index (χ3v) is 6.04. The molecule has 0 unspecified atom stereocenters. The first-order valence-corrected chi connectivity index (χ1v) is 11.8. The monoisotopic (exact) mass is 462 g/mol. The highest BCUT2D eigenvalue weighted by Crippen LogP contribution is 2.26. The molecule has 4 rings (SSSR count). The van der Waals surface area contributed by atoms with Gasteiger partial charge in [-0.05, 0) is 49.6 Å². The summed E-state index contributed by atoms with van der Waals surface area (Å²) in [7, 11) is 0. The summed E-state index contributed by atoms with van der Waals surface area (Å²) < 4.78 is 19.5. The number of carbonyl (C=O) groups is 1. The van der Waals surface area contributed by atoms with Crippen LogP contribution in [0.5, 0.6) is 5.75 Å². The van der Waals surface area contributed by atoms with Gasteiger partial charge in [0, 0.05) is 43.9 Å². The van der Waals surface area contributed by atoms with E-state index in [2.05, 4.69) is 16.8 Å². The molecule has 6 nitrogen and oxygen atoms in total. The van der Waals surface area contributed by atoms with Crippen LogP contribution in [0, 0.1) is 12.7 Å². The highest BCUT2D eigenvalue weighted by molar-refractivity contribution is 5.78. The van der Waals surface area contributed by atoms with Gasteiger partial charge in [0.25, 0.3) is 5.91 Å². The second-order valence-electron chi connectivity index (χ2n) is 8.50. The number of rotatable bonds is 7. The van der Waals surface area contributed by atoms with E-state index in [1.54, 1.807) is 12.1 Å². The Labute approximate surface area is 200 Å². The maximum absolute atomic E-state index is 13.8. The highest BCUT2D eigenvalue weighted by atomic mass is 19.1. The van der Waals surface area contributed by atoms with Crippen LogP contribution in [0.25, 0.3) is 0 Å². The Morgan fingerprint density at radius 2 is 1.85 bits per heavy atom. The van der Waals surface area contributed by atoms with Crippen LogP contribution in [0.15, 0.2) is 54.6 Å². The van der Waals surface area contributed by atoms with E-state index in [9.17, 15) is 9.18 Å². The Balaban J connectivity index is 1.49. The maximum atomic E-state index is 13.8.